The Morgan fingerprint density at radius 1 is 1.28 bits per heavy atom. The van der Waals surface area contributed by atoms with Crippen LogP contribution in [0.1, 0.15) is 23.1 Å². The van der Waals surface area contributed by atoms with Crippen LogP contribution in [-0.2, 0) is 17.7 Å². The standard InChI is InChI=1S/C28H38F2N8O/c1-31-16-25(30)28(22-13-21(27(33-3)24(29)14-22)6-7-23(32-2)18-39-4)37-19-36-26-8-5-20(15-35-26)17-38-11-9-34-10-12-38/h5,8,13-16,23,32,34H,1,3,6-7,9-12,17-19H2,2,4H3,(H,35,36)/b25-16+,37-28-. The second kappa shape index (κ2) is 15.9. The number of ether oxygens (including phenoxy) is 1. The Bertz CT molecular complexity index is 1150. The predicted molar refractivity (Wildman–Crippen MR) is 155 cm³/mol. The molecule has 1 aromatic carbocycles. The van der Waals surface area contributed by atoms with E-state index in [0.29, 0.717) is 30.8 Å². The van der Waals surface area contributed by atoms with Gasteiger partial charge in [0.05, 0.1) is 12.8 Å². The van der Waals surface area contributed by atoms with Gasteiger partial charge in [-0.15, -0.1) is 0 Å². The third kappa shape index (κ3) is 9.10. The molecule has 2 aromatic rings. The van der Waals surface area contributed by atoms with Crippen LogP contribution >= 0.6 is 0 Å². The molecule has 3 N–H and O–H groups in total. The van der Waals surface area contributed by atoms with Gasteiger partial charge in [-0.25, -0.2) is 13.8 Å². The molecule has 0 saturated carbocycles. The lowest BCUT2D eigenvalue weighted by atomic mass is 9.98. The molecule has 1 aliphatic rings. The van der Waals surface area contributed by atoms with Gasteiger partial charge in [0.1, 0.15) is 29.7 Å². The number of hydrogen-bond donors (Lipinski definition) is 3. The minimum absolute atomic E-state index is 0.0198. The first-order valence-electron chi connectivity index (χ1n) is 12.9. The van der Waals surface area contributed by atoms with E-state index in [2.05, 4.69) is 54.2 Å². The Morgan fingerprint density at radius 3 is 2.72 bits per heavy atom. The van der Waals surface area contributed by atoms with Crippen LogP contribution in [0.4, 0.5) is 20.3 Å². The normalized spacial score (nSPS) is 15.7. The zero-order valence-electron chi connectivity index (χ0n) is 22.7. The number of aliphatic imine (C=N–C) groups is 3. The van der Waals surface area contributed by atoms with Gasteiger partial charge in [-0.2, -0.15) is 0 Å². The van der Waals surface area contributed by atoms with Crippen molar-refractivity contribution in [3.05, 3.63) is 65.0 Å². The average molecular weight is 541 g/mol. The summed E-state index contributed by atoms with van der Waals surface area (Å²) in [6.07, 6.45) is 3.91. The second-order valence-electron chi connectivity index (χ2n) is 9.18. The Labute approximate surface area is 229 Å². The highest BCUT2D eigenvalue weighted by molar-refractivity contribution is 6.11. The quantitative estimate of drug-likeness (QED) is 0.299. The third-order valence-electron chi connectivity index (χ3n) is 6.48. The molecule has 1 fully saturated rings. The molecule has 2 heterocycles. The fraction of sp³-hybridized carbons (Fsp3) is 0.429. The van der Waals surface area contributed by atoms with Crippen LogP contribution < -0.4 is 16.0 Å². The summed E-state index contributed by atoms with van der Waals surface area (Å²) in [6, 6.07) is 6.83. The van der Waals surface area contributed by atoms with E-state index < -0.39 is 11.6 Å². The van der Waals surface area contributed by atoms with Gasteiger partial charge in [-0.05, 0) is 62.7 Å². The van der Waals surface area contributed by atoms with Crippen molar-refractivity contribution in [1.29, 1.82) is 0 Å². The molecule has 0 bridgehead atoms. The number of pyridine rings is 1. The van der Waals surface area contributed by atoms with Crippen LogP contribution in [-0.4, -0.2) is 88.7 Å². The highest BCUT2D eigenvalue weighted by Gasteiger charge is 2.18. The highest BCUT2D eigenvalue weighted by Crippen LogP contribution is 2.28. The molecular formula is C28H38F2N8O. The second-order valence-corrected chi connectivity index (χ2v) is 9.18. The van der Waals surface area contributed by atoms with Crippen molar-refractivity contribution in [3.63, 3.8) is 0 Å². The van der Waals surface area contributed by atoms with E-state index in [-0.39, 0.29) is 29.7 Å². The van der Waals surface area contributed by atoms with Crippen LogP contribution in [0.5, 0.6) is 0 Å². The summed E-state index contributed by atoms with van der Waals surface area (Å²) in [6.45, 7) is 12.2. The van der Waals surface area contributed by atoms with E-state index in [1.54, 1.807) is 13.2 Å². The van der Waals surface area contributed by atoms with Crippen LogP contribution in [0.15, 0.2) is 57.5 Å². The molecule has 1 aromatic heterocycles. The molecule has 0 aliphatic carbocycles. The Hall–Kier alpha value is -3.38. The van der Waals surface area contributed by atoms with Crippen molar-refractivity contribution in [2.45, 2.75) is 25.4 Å². The number of rotatable bonds is 15. The smallest absolute Gasteiger partial charge is 0.167 e. The van der Waals surface area contributed by atoms with Crippen LogP contribution in [0.3, 0.4) is 0 Å². The first-order chi connectivity index (χ1) is 19.0. The first kappa shape index (κ1) is 30.2. The van der Waals surface area contributed by atoms with E-state index in [0.717, 1.165) is 44.5 Å². The molecule has 1 saturated heterocycles. The Morgan fingerprint density at radius 2 is 2.08 bits per heavy atom. The van der Waals surface area contributed by atoms with E-state index in [4.69, 9.17) is 4.74 Å². The summed E-state index contributed by atoms with van der Waals surface area (Å²) in [5.74, 6) is -0.738. The zero-order chi connectivity index (χ0) is 28.0. The van der Waals surface area contributed by atoms with Crippen LogP contribution in [0, 0.1) is 5.82 Å². The maximum atomic E-state index is 15.0. The van der Waals surface area contributed by atoms with Gasteiger partial charge in [0, 0.05) is 57.6 Å². The van der Waals surface area contributed by atoms with Gasteiger partial charge >= 0.3 is 0 Å². The highest BCUT2D eigenvalue weighted by atomic mass is 19.1. The van der Waals surface area contributed by atoms with Gasteiger partial charge in [-0.1, -0.05) is 6.07 Å². The molecule has 210 valence electrons. The summed E-state index contributed by atoms with van der Waals surface area (Å²) in [5, 5.41) is 9.59. The lowest BCUT2D eigenvalue weighted by molar-refractivity contribution is 0.166. The van der Waals surface area contributed by atoms with Gasteiger partial charge in [0.2, 0.25) is 0 Å². The number of allylic oxidation sites excluding steroid dienone is 1. The van der Waals surface area contributed by atoms with Crippen molar-refractivity contribution >= 4 is 30.7 Å². The first-order valence-corrected chi connectivity index (χ1v) is 12.9. The number of likely N-dealkylation sites (N-methyl/N-ethyl adjacent to an activating group) is 1. The van der Waals surface area contributed by atoms with Gasteiger partial charge in [0.25, 0.3) is 0 Å². The van der Waals surface area contributed by atoms with Crippen molar-refractivity contribution in [3.8, 4) is 0 Å². The number of nitrogens with one attached hydrogen (secondary N) is 3. The fourth-order valence-electron chi connectivity index (χ4n) is 4.40. The lowest BCUT2D eigenvalue weighted by Gasteiger charge is -2.27. The van der Waals surface area contributed by atoms with Crippen molar-refractivity contribution < 1.29 is 13.5 Å². The topological polar surface area (TPSA) is 98.5 Å². The van der Waals surface area contributed by atoms with Crippen molar-refractivity contribution in [2.75, 3.05) is 58.9 Å². The largest absolute Gasteiger partial charge is 0.383 e. The monoisotopic (exact) mass is 540 g/mol. The number of methoxy groups -OCH3 is 1. The third-order valence-corrected chi connectivity index (χ3v) is 6.48. The molecule has 39 heavy (non-hydrogen) atoms. The molecule has 1 unspecified atom stereocenters. The maximum absolute atomic E-state index is 15.0. The Kier molecular flexibility index (Phi) is 12.3. The summed E-state index contributed by atoms with van der Waals surface area (Å²) in [7, 11) is 3.46. The number of hydrogen-bond acceptors (Lipinski definition) is 9. The number of aryl methyl sites for hydroxylation is 1. The number of piperazine rings is 1. The number of benzene rings is 1. The minimum atomic E-state index is -0.733. The van der Waals surface area contributed by atoms with E-state index >= 15 is 8.78 Å². The van der Waals surface area contributed by atoms with E-state index in [1.165, 1.54) is 6.07 Å². The molecule has 3 rings (SSSR count). The summed E-state index contributed by atoms with van der Waals surface area (Å²) >= 11 is 0. The summed E-state index contributed by atoms with van der Waals surface area (Å²) in [4.78, 5) is 18.6. The predicted octanol–water partition coefficient (Wildman–Crippen LogP) is 3.50. The van der Waals surface area contributed by atoms with E-state index in [1.807, 2.05) is 25.4 Å². The number of halogens is 2. The number of nitrogens with zero attached hydrogens (tertiary/aromatic N) is 5. The summed E-state index contributed by atoms with van der Waals surface area (Å²) < 4.78 is 35.3. The van der Waals surface area contributed by atoms with Crippen molar-refractivity contribution in [1.82, 2.24) is 20.5 Å². The maximum Gasteiger partial charge on any atom is 0.167 e. The molecule has 9 nitrogen and oxygen atoms in total. The van der Waals surface area contributed by atoms with Crippen molar-refractivity contribution in [2.24, 2.45) is 15.0 Å². The minimum Gasteiger partial charge on any atom is -0.383 e. The molecule has 11 heteroatoms. The number of aromatic nitrogens is 1. The molecule has 1 aliphatic heterocycles. The van der Waals surface area contributed by atoms with E-state index in [9.17, 15) is 0 Å². The Balaban J connectivity index is 1.77. The molecule has 0 spiro atoms. The van der Waals surface area contributed by atoms with Crippen LogP contribution in [0.2, 0.25) is 0 Å². The molecule has 0 radical (unpaired) electrons. The lowest BCUT2D eigenvalue weighted by Crippen LogP contribution is -2.42. The summed E-state index contributed by atoms with van der Waals surface area (Å²) in [5.41, 5.74) is 2.06. The van der Waals surface area contributed by atoms with Gasteiger partial charge in [0.15, 0.2) is 5.83 Å². The molecule has 1 atom stereocenters. The number of anilines is 1. The van der Waals surface area contributed by atoms with Gasteiger partial charge < -0.3 is 20.7 Å². The van der Waals surface area contributed by atoms with Gasteiger partial charge in [-0.3, -0.25) is 19.9 Å². The van der Waals surface area contributed by atoms with Crippen LogP contribution in [0.25, 0.3) is 0 Å². The molecule has 0 amide bonds. The average Bonchev–Trinajstić information content (AvgIpc) is 2.94. The molecular weight excluding hydrogens is 502 g/mol. The SMILES string of the molecule is C=N/C=C(F)\C(=N/CNc1ccc(CN2CCNCC2)cn1)c1cc(F)c(N=C)c(CCC(COC)NC)c1. The fourth-order valence-corrected chi connectivity index (χ4v) is 4.40. The zero-order valence-corrected chi connectivity index (χ0v) is 22.7.